The summed E-state index contributed by atoms with van der Waals surface area (Å²) >= 11 is 7.95. The molecule has 0 saturated carbocycles. The van der Waals surface area contributed by atoms with Gasteiger partial charge in [0.1, 0.15) is 31.3 Å². The molecule has 2 aromatic heterocycles. The molecule has 2 atom stereocenters. The number of oxime groups is 1. The van der Waals surface area contributed by atoms with Gasteiger partial charge in [-0.1, -0.05) is 11.2 Å². The van der Waals surface area contributed by atoms with Gasteiger partial charge in [-0.15, -0.1) is 34.3 Å². The van der Waals surface area contributed by atoms with Gasteiger partial charge in [-0.2, -0.15) is 0 Å². The Kier molecular flexibility index (Phi) is 8.14. The Morgan fingerprint density at radius 2 is 2.16 bits per heavy atom. The lowest BCUT2D eigenvalue weighted by molar-refractivity contribution is -0.148. The first kappa shape index (κ1) is 23.6. The van der Waals surface area contributed by atoms with Crippen molar-refractivity contribution in [1.29, 1.82) is 0 Å². The highest BCUT2D eigenvalue weighted by Crippen LogP contribution is 2.17. The molecule has 0 aliphatic carbocycles. The normalized spacial score (nSPS) is 17.7. The topological polar surface area (TPSA) is 148 Å². The van der Waals surface area contributed by atoms with Crippen molar-refractivity contribution in [3.8, 4) is 0 Å². The van der Waals surface area contributed by atoms with E-state index in [0.717, 1.165) is 16.2 Å². The monoisotopic (exact) mass is 499 g/mol. The minimum Gasteiger partial charge on any atom is -0.463 e. The molecule has 170 valence electrons. The average molecular weight is 500 g/mol. The molecule has 0 aromatic carbocycles. The SMILES string of the molecule is CO/N=C(\C(=O)NC1C(=O)NC1COC(=O)Cc1cccs1)c1csc(NC(=O)CCl)n1. The first-order chi connectivity index (χ1) is 15.4. The van der Waals surface area contributed by atoms with Gasteiger partial charge >= 0.3 is 5.97 Å². The number of aromatic nitrogens is 1. The third kappa shape index (κ3) is 6.02. The maximum Gasteiger partial charge on any atom is 0.311 e. The smallest absolute Gasteiger partial charge is 0.311 e. The van der Waals surface area contributed by atoms with E-state index in [1.807, 2.05) is 17.5 Å². The fourth-order valence-corrected chi connectivity index (χ4v) is 4.10. The van der Waals surface area contributed by atoms with E-state index in [-0.39, 0.29) is 35.4 Å². The predicted molar refractivity (Wildman–Crippen MR) is 118 cm³/mol. The number of carbonyl (C=O) groups is 4. The Balaban J connectivity index is 1.58. The van der Waals surface area contributed by atoms with Crippen LogP contribution >= 0.6 is 34.3 Å². The van der Waals surface area contributed by atoms with Gasteiger partial charge in [-0.05, 0) is 11.4 Å². The Bertz CT molecular complexity index is 1020. The Morgan fingerprint density at radius 3 is 2.81 bits per heavy atom. The number of esters is 1. The van der Waals surface area contributed by atoms with Crippen molar-refractivity contribution < 1.29 is 28.8 Å². The van der Waals surface area contributed by atoms with Gasteiger partial charge < -0.3 is 25.5 Å². The van der Waals surface area contributed by atoms with Crippen molar-refractivity contribution in [2.75, 3.05) is 24.9 Å². The fourth-order valence-electron chi connectivity index (χ4n) is 2.63. The molecule has 14 heteroatoms. The third-order valence-corrected chi connectivity index (χ3v) is 6.01. The van der Waals surface area contributed by atoms with Gasteiger partial charge in [0.2, 0.25) is 11.8 Å². The molecule has 0 radical (unpaired) electrons. The molecule has 32 heavy (non-hydrogen) atoms. The zero-order valence-electron chi connectivity index (χ0n) is 16.6. The first-order valence-corrected chi connectivity index (χ1v) is 11.4. The van der Waals surface area contributed by atoms with Gasteiger partial charge in [0.05, 0.1) is 12.5 Å². The van der Waals surface area contributed by atoms with Gasteiger partial charge in [0, 0.05) is 10.3 Å². The molecule has 3 heterocycles. The van der Waals surface area contributed by atoms with E-state index >= 15 is 0 Å². The number of anilines is 1. The zero-order valence-corrected chi connectivity index (χ0v) is 19.0. The van der Waals surface area contributed by atoms with Crippen LogP contribution in [0, 0.1) is 0 Å². The molecule has 1 aliphatic heterocycles. The van der Waals surface area contributed by atoms with Crippen molar-refractivity contribution in [1.82, 2.24) is 15.6 Å². The number of rotatable bonds is 10. The molecular weight excluding hydrogens is 482 g/mol. The first-order valence-electron chi connectivity index (χ1n) is 9.13. The van der Waals surface area contributed by atoms with Crippen LogP contribution in [-0.4, -0.2) is 66.1 Å². The van der Waals surface area contributed by atoms with Crippen molar-refractivity contribution in [2.24, 2.45) is 5.16 Å². The van der Waals surface area contributed by atoms with E-state index < -0.39 is 35.8 Å². The van der Waals surface area contributed by atoms with Crippen LogP contribution in [0.2, 0.25) is 0 Å². The average Bonchev–Trinajstić information content (AvgIpc) is 3.45. The molecule has 1 fully saturated rings. The summed E-state index contributed by atoms with van der Waals surface area (Å²) in [6.45, 7) is -0.0943. The Morgan fingerprint density at radius 1 is 1.34 bits per heavy atom. The number of thiazole rings is 1. The standard InChI is InChI=1S/C18H18ClN5O6S2/c1-29-24-15(11-8-32-18(21-11)22-12(25)6-19)17(28)23-14-10(20-16(14)27)7-30-13(26)5-9-3-2-4-31-9/h2-4,8,10,14H,5-7H2,1H3,(H,20,27)(H,23,28)(H,21,22,25)/b24-15-. The second-order valence-corrected chi connectivity index (χ2v) is 8.51. The molecular formula is C18H18ClN5O6S2. The molecule has 1 aliphatic rings. The van der Waals surface area contributed by atoms with Gasteiger partial charge in [0.15, 0.2) is 10.8 Å². The minimum atomic E-state index is -0.923. The van der Waals surface area contributed by atoms with Crippen molar-refractivity contribution in [2.45, 2.75) is 18.5 Å². The number of carbonyl (C=O) groups excluding carboxylic acids is 4. The van der Waals surface area contributed by atoms with Crippen LogP contribution in [0.5, 0.6) is 0 Å². The number of hydrogen-bond acceptors (Lipinski definition) is 10. The lowest BCUT2D eigenvalue weighted by atomic mass is 9.99. The lowest BCUT2D eigenvalue weighted by Gasteiger charge is -2.36. The summed E-state index contributed by atoms with van der Waals surface area (Å²) < 4.78 is 5.21. The molecule has 2 aromatic rings. The van der Waals surface area contributed by atoms with Gasteiger partial charge in [-0.3, -0.25) is 19.2 Å². The fraction of sp³-hybridized carbons (Fsp3) is 0.333. The van der Waals surface area contributed by atoms with E-state index in [2.05, 4.69) is 26.1 Å². The molecule has 2 unspecified atom stereocenters. The number of thiophene rings is 1. The van der Waals surface area contributed by atoms with Crippen LogP contribution in [-0.2, 0) is 35.2 Å². The van der Waals surface area contributed by atoms with Crippen LogP contribution in [0.15, 0.2) is 28.0 Å². The third-order valence-electron chi connectivity index (χ3n) is 4.13. The molecule has 0 spiro atoms. The highest BCUT2D eigenvalue weighted by Gasteiger charge is 2.42. The Hall–Kier alpha value is -3.03. The maximum absolute atomic E-state index is 12.7. The molecule has 3 N–H and O–H groups in total. The number of hydrogen-bond donors (Lipinski definition) is 3. The number of amides is 3. The molecule has 3 rings (SSSR count). The summed E-state index contributed by atoms with van der Waals surface area (Å²) in [5.41, 5.74) is -0.0545. The van der Waals surface area contributed by atoms with E-state index in [4.69, 9.17) is 21.2 Å². The van der Waals surface area contributed by atoms with Crippen LogP contribution in [0.25, 0.3) is 0 Å². The molecule has 3 amide bonds. The molecule has 11 nitrogen and oxygen atoms in total. The van der Waals surface area contributed by atoms with Crippen LogP contribution in [0.4, 0.5) is 5.13 Å². The number of β-lactam (4-membered cyclic amide) rings is 1. The maximum atomic E-state index is 12.7. The van der Waals surface area contributed by atoms with Gasteiger partial charge in [0.25, 0.3) is 5.91 Å². The summed E-state index contributed by atoms with van der Waals surface area (Å²) in [6.07, 6.45) is 0.131. The van der Waals surface area contributed by atoms with Crippen LogP contribution < -0.4 is 16.0 Å². The number of nitrogens with zero attached hydrogens (tertiary/aromatic N) is 2. The number of ether oxygens (including phenoxy) is 1. The summed E-state index contributed by atoms with van der Waals surface area (Å²) in [4.78, 5) is 57.7. The molecule has 0 bridgehead atoms. The highest BCUT2D eigenvalue weighted by atomic mass is 35.5. The summed E-state index contributed by atoms with van der Waals surface area (Å²) in [7, 11) is 1.25. The number of alkyl halides is 1. The summed E-state index contributed by atoms with van der Waals surface area (Å²) in [5.74, 6) is -2.28. The highest BCUT2D eigenvalue weighted by molar-refractivity contribution is 7.14. The van der Waals surface area contributed by atoms with Gasteiger partial charge in [-0.25, -0.2) is 4.98 Å². The summed E-state index contributed by atoms with van der Waals surface area (Å²) in [6, 6.07) is 2.15. The predicted octanol–water partition coefficient (Wildman–Crippen LogP) is 0.502. The van der Waals surface area contributed by atoms with Crippen LogP contribution in [0.3, 0.4) is 0 Å². The van der Waals surface area contributed by atoms with E-state index in [1.54, 1.807) is 0 Å². The second kappa shape index (κ2) is 11.0. The Labute approximate surface area is 195 Å². The van der Waals surface area contributed by atoms with Crippen molar-refractivity contribution in [3.05, 3.63) is 33.5 Å². The second-order valence-electron chi connectivity index (χ2n) is 6.35. The number of halogens is 1. The summed E-state index contributed by atoms with van der Waals surface area (Å²) in [5, 5.41) is 14.8. The van der Waals surface area contributed by atoms with Crippen molar-refractivity contribution in [3.63, 3.8) is 0 Å². The number of nitrogens with one attached hydrogen (secondary N) is 3. The molecule has 1 saturated heterocycles. The van der Waals surface area contributed by atoms with E-state index in [1.165, 1.54) is 23.8 Å². The van der Waals surface area contributed by atoms with E-state index in [9.17, 15) is 19.2 Å². The largest absolute Gasteiger partial charge is 0.463 e. The lowest BCUT2D eigenvalue weighted by Crippen LogP contribution is -2.71. The quantitative estimate of drug-likeness (QED) is 0.142. The minimum absolute atomic E-state index is 0.0943. The van der Waals surface area contributed by atoms with E-state index in [0.29, 0.717) is 0 Å². The van der Waals surface area contributed by atoms with Crippen molar-refractivity contribution >= 4 is 68.8 Å². The van der Waals surface area contributed by atoms with Crippen LogP contribution in [0.1, 0.15) is 10.6 Å². The zero-order chi connectivity index (χ0) is 23.1.